The van der Waals surface area contributed by atoms with Gasteiger partial charge in [-0.05, 0) is 29.8 Å². The lowest BCUT2D eigenvalue weighted by molar-refractivity contribution is -0.130. The fourth-order valence-electron chi connectivity index (χ4n) is 3.04. The fraction of sp³-hybridized carbons (Fsp3) is 0.250. The van der Waals surface area contributed by atoms with E-state index in [4.69, 9.17) is 9.47 Å². The van der Waals surface area contributed by atoms with Gasteiger partial charge in [-0.2, -0.15) is 0 Å². The van der Waals surface area contributed by atoms with Crippen molar-refractivity contribution in [3.63, 3.8) is 0 Å². The molecule has 8 nitrogen and oxygen atoms in total. The number of ether oxygens (including phenoxy) is 2. The van der Waals surface area contributed by atoms with E-state index in [0.29, 0.717) is 23.1 Å². The van der Waals surface area contributed by atoms with Gasteiger partial charge in [0.2, 0.25) is 5.91 Å². The average Bonchev–Trinajstić information content (AvgIpc) is 3.01. The third kappa shape index (κ3) is 4.55. The zero-order valence-corrected chi connectivity index (χ0v) is 16.5. The summed E-state index contributed by atoms with van der Waals surface area (Å²) in [5.74, 6) is -5.34. The van der Waals surface area contributed by atoms with Gasteiger partial charge in [0.15, 0.2) is 29.0 Å². The van der Waals surface area contributed by atoms with Gasteiger partial charge in [-0.15, -0.1) is 0 Å². The van der Waals surface area contributed by atoms with E-state index in [2.05, 4.69) is 10.6 Å². The zero-order valence-electron chi connectivity index (χ0n) is 16.5. The minimum absolute atomic E-state index is 0.0824. The molecule has 1 unspecified atom stereocenters. The lowest BCUT2D eigenvalue weighted by Gasteiger charge is -2.15. The SMILES string of the molecule is COc1ccc(CN2C(=O)NC(CC(=O)Nc3ccc(F)c(F)c3F)C2=O)cc1OC. The van der Waals surface area contributed by atoms with Crippen molar-refractivity contribution in [1.82, 2.24) is 10.2 Å². The third-order valence-corrected chi connectivity index (χ3v) is 4.59. The van der Waals surface area contributed by atoms with Crippen LogP contribution in [0.15, 0.2) is 30.3 Å². The largest absolute Gasteiger partial charge is 0.493 e. The Labute approximate surface area is 174 Å². The van der Waals surface area contributed by atoms with E-state index in [0.717, 1.165) is 11.0 Å². The molecular formula is C20H18F3N3O5. The first-order chi connectivity index (χ1) is 14.7. The quantitative estimate of drug-likeness (QED) is 0.513. The first-order valence-electron chi connectivity index (χ1n) is 9.01. The fourth-order valence-corrected chi connectivity index (χ4v) is 3.04. The van der Waals surface area contributed by atoms with E-state index in [1.807, 2.05) is 0 Å². The number of hydrogen-bond donors (Lipinski definition) is 2. The maximum atomic E-state index is 13.7. The molecule has 3 rings (SSSR count). The van der Waals surface area contributed by atoms with Gasteiger partial charge in [0.1, 0.15) is 6.04 Å². The van der Waals surface area contributed by atoms with Crippen molar-refractivity contribution < 1.29 is 37.0 Å². The van der Waals surface area contributed by atoms with Gasteiger partial charge >= 0.3 is 6.03 Å². The van der Waals surface area contributed by atoms with E-state index < -0.39 is 53.4 Å². The Morgan fingerprint density at radius 1 is 1.06 bits per heavy atom. The average molecular weight is 437 g/mol. The molecule has 4 amide bonds. The van der Waals surface area contributed by atoms with E-state index in [-0.39, 0.29) is 6.54 Å². The number of amides is 4. The predicted octanol–water partition coefficient (Wildman–Crippen LogP) is 2.57. The summed E-state index contributed by atoms with van der Waals surface area (Å²) in [5.41, 5.74) is -0.00188. The number of urea groups is 1. The normalized spacial score (nSPS) is 15.6. The number of nitrogens with zero attached hydrogens (tertiary/aromatic N) is 1. The van der Waals surface area contributed by atoms with Gasteiger partial charge < -0.3 is 20.1 Å². The van der Waals surface area contributed by atoms with Crippen LogP contribution in [0.5, 0.6) is 11.5 Å². The summed E-state index contributed by atoms with van der Waals surface area (Å²) in [6.07, 6.45) is -0.522. The molecule has 11 heteroatoms. The molecule has 1 aliphatic rings. The van der Waals surface area contributed by atoms with Crippen LogP contribution >= 0.6 is 0 Å². The summed E-state index contributed by atoms with van der Waals surface area (Å²) in [7, 11) is 2.91. The number of carbonyl (C=O) groups excluding carboxylic acids is 3. The highest BCUT2D eigenvalue weighted by Gasteiger charge is 2.39. The third-order valence-electron chi connectivity index (χ3n) is 4.59. The van der Waals surface area contributed by atoms with Crippen LogP contribution in [0.25, 0.3) is 0 Å². The molecule has 0 radical (unpaired) electrons. The smallest absolute Gasteiger partial charge is 0.325 e. The highest BCUT2D eigenvalue weighted by Crippen LogP contribution is 2.28. The first-order valence-corrected chi connectivity index (χ1v) is 9.01. The number of methoxy groups -OCH3 is 2. The Balaban J connectivity index is 1.66. The van der Waals surface area contributed by atoms with Crippen LogP contribution in [0.3, 0.4) is 0 Å². The Kier molecular flexibility index (Phi) is 6.33. The molecule has 164 valence electrons. The number of anilines is 1. The van der Waals surface area contributed by atoms with Crippen molar-refractivity contribution in [3.05, 3.63) is 53.3 Å². The van der Waals surface area contributed by atoms with Crippen LogP contribution in [-0.2, 0) is 16.1 Å². The number of hydrogen-bond acceptors (Lipinski definition) is 5. The van der Waals surface area contributed by atoms with Crippen molar-refractivity contribution in [2.75, 3.05) is 19.5 Å². The lowest BCUT2D eigenvalue weighted by atomic mass is 10.1. The standard InChI is InChI=1S/C20H18F3N3O5/c1-30-14-6-3-10(7-15(14)31-2)9-26-19(28)13(25-20(26)29)8-16(27)24-12-5-4-11(21)17(22)18(12)23/h3-7,13H,8-9H2,1-2H3,(H,24,27)(H,25,29). The van der Waals surface area contributed by atoms with Crippen molar-refractivity contribution in [2.24, 2.45) is 0 Å². The summed E-state index contributed by atoms with van der Waals surface area (Å²) in [4.78, 5) is 37.8. The van der Waals surface area contributed by atoms with Gasteiger partial charge in [0, 0.05) is 0 Å². The van der Waals surface area contributed by atoms with Crippen LogP contribution in [0, 0.1) is 17.5 Å². The highest BCUT2D eigenvalue weighted by molar-refractivity contribution is 6.06. The molecule has 1 saturated heterocycles. The second-order valence-electron chi connectivity index (χ2n) is 6.59. The van der Waals surface area contributed by atoms with Gasteiger partial charge in [-0.1, -0.05) is 6.07 Å². The summed E-state index contributed by atoms with van der Waals surface area (Å²) in [5, 5.41) is 4.43. The summed E-state index contributed by atoms with van der Waals surface area (Å²) in [6.45, 7) is -0.0824. The lowest BCUT2D eigenvalue weighted by Crippen LogP contribution is -2.34. The molecule has 31 heavy (non-hydrogen) atoms. The molecule has 2 N–H and O–H groups in total. The molecule has 1 fully saturated rings. The molecule has 2 aromatic rings. The maximum absolute atomic E-state index is 13.7. The van der Waals surface area contributed by atoms with Gasteiger partial charge in [0.25, 0.3) is 5.91 Å². The number of nitrogens with one attached hydrogen (secondary N) is 2. The first kappa shape index (κ1) is 21.9. The number of carbonyl (C=O) groups is 3. The van der Waals surface area contributed by atoms with Crippen molar-refractivity contribution in [2.45, 2.75) is 19.0 Å². The van der Waals surface area contributed by atoms with Crippen LogP contribution in [-0.4, -0.2) is 43.0 Å². The topological polar surface area (TPSA) is 97.0 Å². The monoisotopic (exact) mass is 437 g/mol. The number of imide groups is 1. The summed E-state index contributed by atoms with van der Waals surface area (Å²) in [6, 6.07) is 4.47. The van der Waals surface area contributed by atoms with Gasteiger partial charge in [-0.25, -0.2) is 18.0 Å². The summed E-state index contributed by atoms with van der Waals surface area (Å²) >= 11 is 0. The Morgan fingerprint density at radius 2 is 1.77 bits per heavy atom. The van der Waals surface area contributed by atoms with Crippen molar-refractivity contribution in [1.29, 1.82) is 0 Å². The molecular weight excluding hydrogens is 419 g/mol. The van der Waals surface area contributed by atoms with Crippen molar-refractivity contribution >= 4 is 23.5 Å². The van der Waals surface area contributed by atoms with Crippen molar-refractivity contribution in [3.8, 4) is 11.5 Å². The maximum Gasteiger partial charge on any atom is 0.325 e. The Bertz CT molecular complexity index is 1050. The van der Waals surface area contributed by atoms with E-state index in [9.17, 15) is 27.6 Å². The summed E-state index contributed by atoms with van der Waals surface area (Å²) < 4.78 is 50.3. The molecule has 0 spiro atoms. The Morgan fingerprint density at radius 3 is 2.45 bits per heavy atom. The number of benzene rings is 2. The second-order valence-corrected chi connectivity index (χ2v) is 6.59. The zero-order chi connectivity index (χ0) is 22.7. The molecule has 1 aliphatic heterocycles. The van der Waals surface area contributed by atoms with Crippen LogP contribution in [0.4, 0.5) is 23.7 Å². The molecule has 1 heterocycles. The van der Waals surface area contributed by atoms with Crippen LogP contribution < -0.4 is 20.1 Å². The van der Waals surface area contributed by atoms with Crippen LogP contribution in [0.2, 0.25) is 0 Å². The molecule has 0 saturated carbocycles. The van der Waals surface area contributed by atoms with Crippen LogP contribution in [0.1, 0.15) is 12.0 Å². The van der Waals surface area contributed by atoms with Gasteiger partial charge in [-0.3, -0.25) is 14.5 Å². The highest BCUT2D eigenvalue weighted by atomic mass is 19.2. The molecule has 2 aromatic carbocycles. The minimum atomic E-state index is -1.73. The second kappa shape index (κ2) is 8.94. The Hall–Kier alpha value is -3.76. The number of halogens is 3. The van der Waals surface area contributed by atoms with E-state index >= 15 is 0 Å². The molecule has 0 aliphatic carbocycles. The number of rotatable bonds is 7. The molecule has 1 atom stereocenters. The molecule has 0 bridgehead atoms. The van der Waals surface area contributed by atoms with E-state index in [1.54, 1.807) is 18.2 Å². The predicted molar refractivity (Wildman–Crippen MR) is 102 cm³/mol. The van der Waals surface area contributed by atoms with Gasteiger partial charge in [0.05, 0.1) is 32.9 Å². The minimum Gasteiger partial charge on any atom is -0.493 e. The van der Waals surface area contributed by atoms with E-state index in [1.165, 1.54) is 14.2 Å². The molecule has 0 aromatic heterocycles.